The second-order valence-electron chi connectivity index (χ2n) is 6.52. The minimum absolute atomic E-state index is 0.134. The van der Waals surface area contributed by atoms with Gasteiger partial charge in [0.1, 0.15) is 5.75 Å². The fourth-order valence-corrected chi connectivity index (χ4v) is 3.27. The molecule has 3 rings (SSSR count). The van der Waals surface area contributed by atoms with Crippen molar-refractivity contribution in [3.8, 4) is 34.5 Å². The first-order chi connectivity index (χ1) is 14.5. The summed E-state index contributed by atoms with van der Waals surface area (Å²) in [4.78, 5) is 11.8. The molecule has 1 atom stereocenters. The van der Waals surface area contributed by atoms with Crippen LogP contribution in [-0.4, -0.2) is 47.3 Å². The zero-order valence-electron chi connectivity index (χ0n) is 17.8. The molecule has 2 aromatic rings. The number of esters is 1. The third-order valence-electron chi connectivity index (χ3n) is 4.81. The van der Waals surface area contributed by atoms with Crippen LogP contribution in [0.3, 0.4) is 0 Å². The van der Waals surface area contributed by atoms with Crippen LogP contribution in [0.15, 0.2) is 24.3 Å². The van der Waals surface area contributed by atoms with Crippen LogP contribution in [0.5, 0.6) is 34.5 Å². The zero-order valence-corrected chi connectivity index (χ0v) is 17.8. The van der Waals surface area contributed by atoms with Gasteiger partial charge in [-0.15, -0.1) is 0 Å². The molecule has 0 saturated heterocycles. The molecule has 0 aliphatic carbocycles. The van der Waals surface area contributed by atoms with Gasteiger partial charge in [0.25, 0.3) is 0 Å². The zero-order chi connectivity index (χ0) is 21.7. The van der Waals surface area contributed by atoms with E-state index in [0.29, 0.717) is 34.5 Å². The van der Waals surface area contributed by atoms with E-state index >= 15 is 0 Å². The molecule has 8 heteroatoms. The lowest BCUT2D eigenvalue weighted by atomic mass is 9.91. The second-order valence-corrected chi connectivity index (χ2v) is 6.52. The minimum Gasteiger partial charge on any atom is -0.493 e. The fraction of sp³-hybridized carbons (Fsp3) is 0.409. The first-order valence-electron chi connectivity index (χ1n) is 9.54. The van der Waals surface area contributed by atoms with Gasteiger partial charge in [-0.2, -0.15) is 0 Å². The van der Waals surface area contributed by atoms with E-state index in [9.17, 15) is 4.79 Å². The number of fused-ring (bicyclic) bond motifs is 1. The highest BCUT2D eigenvalue weighted by atomic mass is 16.7. The van der Waals surface area contributed by atoms with Crippen molar-refractivity contribution in [2.24, 2.45) is 0 Å². The van der Waals surface area contributed by atoms with Gasteiger partial charge in [0, 0.05) is 17.5 Å². The van der Waals surface area contributed by atoms with Crippen molar-refractivity contribution in [1.82, 2.24) is 0 Å². The number of methoxy groups -OCH3 is 3. The van der Waals surface area contributed by atoms with Gasteiger partial charge < -0.3 is 33.2 Å². The summed E-state index contributed by atoms with van der Waals surface area (Å²) in [6, 6.07) is 7.35. The van der Waals surface area contributed by atoms with Crippen molar-refractivity contribution in [1.29, 1.82) is 0 Å². The lowest BCUT2D eigenvalue weighted by Crippen LogP contribution is -2.15. The van der Waals surface area contributed by atoms with Crippen LogP contribution >= 0.6 is 0 Å². The van der Waals surface area contributed by atoms with Gasteiger partial charge in [-0.1, -0.05) is 6.92 Å². The average Bonchev–Trinajstić information content (AvgIpc) is 3.23. The number of benzene rings is 2. The average molecular weight is 418 g/mol. The molecule has 162 valence electrons. The Morgan fingerprint density at radius 2 is 1.60 bits per heavy atom. The van der Waals surface area contributed by atoms with Crippen LogP contribution in [0.1, 0.15) is 30.9 Å². The van der Waals surface area contributed by atoms with Gasteiger partial charge in [-0.3, -0.25) is 0 Å². The summed E-state index contributed by atoms with van der Waals surface area (Å²) in [6.45, 7) is 3.97. The van der Waals surface area contributed by atoms with Gasteiger partial charge >= 0.3 is 5.97 Å². The maximum atomic E-state index is 11.8. The Labute approximate surface area is 175 Å². The molecule has 0 fully saturated rings. The van der Waals surface area contributed by atoms with Crippen molar-refractivity contribution < 1.29 is 38.0 Å². The van der Waals surface area contributed by atoms with E-state index in [1.54, 1.807) is 34.3 Å². The fourth-order valence-electron chi connectivity index (χ4n) is 3.27. The SMILES string of the molecule is CCOC(=O)COc1cc2c(cc1[C@H](C)c1cc(OC)c(OC)c(OC)c1)OCO2. The Morgan fingerprint density at radius 3 is 2.17 bits per heavy atom. The quantitative estimate of drug-likeness (QED) is 0.572. The van der Waals surface area contributed by atoms with E-state index in [1.807, 2.05) is 25.1 Å². The molecule has 2 aromatic carbocycles. The van der Waals surface area contributed by atoms with E-state index < -0.39 is 5.97 Å². The summed E-state index contributed by atoms with van der Waals surface area (Å²) in [5, 5.41) is 0. The van der Waals surface area contributed by atoms with Crippen LogP contribution in [-0.2, 0) is 9.53 Å². The maximum Gasteiger partial charge on any atom is 0.344 e. The summed E-state index contributed by atoms with van der Waals surface area (Å²) in [6.07, 6.45) is 0. The molecule has 0 saturated carbocycles. The minimum atomic E-state index is -0.443. The monoisotopic (exact) mass is 418 g/mol. The second kappa shape index (κ2) is 9.47. The standard InChI is InChI=1S/C22H26O8/c1-6-27-21(23)11-28-16-10-18-17(29-12-30-18)9-15(16)13(2)14-7-19(24-3)22(26-5)20(8-14)25-4/h7-10,13H,6,11-12H2,1-5H3/t13-/m1/s1. The normalized spacial score (nSPS) is 12.8. The van der Waals surface area contributed by atoms with Gasteiger partial charge in [-0.05, 0) is 30.7 Å². The lowest BCUT2D eigenvalue weighted by molar-refractivity contribution is -0.145. The van der Waals surface area contributed by atoms with E-state index in [1.165, 1.54) is 0 Å². The molecule has 0 unspecified atom stereocenters. The topological polar surface area (TPSA) is 81.7 Å². The Bertz CT molecular complexity index is 883. The molecular formula is C22H26O8. The third kappa shape index (κ3) is 4.32. The molecule has 8 nitrogen and oxygen atoms in total. The smallest absolute Gasteiger partial charge is 0.344 e. The number of rotatable bonds is 9. The maximum absolute atomic E-state index is 11.8. The number of ether oxygens (including phenoxy) is 7. The highest BCUT2D eigenvalue weighted by Gasteiger charge is 2.24. The molecule has 0 amide bonds. The van der Waals surface area contributed by atoms with Crippen molar-refractivity contribution in [3.05, 3.63) is 35.4 Å². The Balaban J connectivity index is 2.00. The number of carbonyl (C=O) groups excluding carboxylic acids is 1. The van der Waals surface area contributed by atoms with Gasteiger partial charge in [-0.25, -0.2) is 4.79 Å². The van der Waals surface area contributed by atoms with Crippen molar-refractivity contribution in [2.75, 3.05) is 41.3 Å². The van der Waals surface area contributed by atoms with Gasteiger partial charge in [0.2, 0.25) is 12.5 Å². The molecule has 30 heavy (non-hydrogen) atoms. The highest BCUT2D eigenvalue weighted by Crippen LogP contribution is 2.45. The molecule has 1 aliphatic heterocycles. The van der Waals surface area contributed by atoms with E-state index in [0.717, 1.165) is 11.1 Å². The molecule has 1 aliphatic rings. The molecule has 0 N–H and O–H groups in total. The molecule has 0 radical (unpaired) electrons. The first kappa shape index (κ1) is 21.4. The van der Waals surface area contributed by atoms with E-state index in [-0.39, 0.29) is 25.9 Å². The van der Waals surface area contributed by atoms with Gasteiger partial charge in [0.05, 0.1) is 27.9 Å². The van der Waals surface area contributed by atoms with Crippen LogP contribution in [0.4, 0.5) is 0 Å². The summed E-state index contributed by atoms with van der Waals surface area (Å²) in [5.41, 5.74) is 1.72. The van der Waals surface area contributed by atoms with E-state index in [4.69, 9.17) is 33.2 Å². The molecule has 0 spiro atoms. The largest absolute Gasteiger partial charge is 0.493 e. The lowest BCUT2D eigenvalue weighted by Gasteiger charge is -2.20. The molecule has 1 heterocycles. The first-order valence-corrected chi connectivity index (χ1v) is 9.54. The predicted octanol–water partition coefficient (Wildman–Crippen LogP) is 3.53. The molecular weight excluding hydrogens is 392 g/mol. The Hall–Kier alpha value is -3.29. The molecule has 0 aromatic heterocycles. The van der Waals surface area contributed by atoms with Crippen LogP contribution in [0.25, 0.3) is 0 Å². The van der Waals surface area contributed by atoms with Crippen molar-refractivity contribution in [2.45, 2.75) is 19.8 Å². The summed E-state index contributed by atoms with van der Waals surface area (Å²) < 4.78 is 38.1. The Kier molecular flexibility index (Phi) is 6.76. The number of hydrogen-bond acceptors (Lipinski definition) is 8. The van der Waals surface area contributed by atoms with Crippen molar-refractivity contribution in [3.63, 3.8) is 0 Å². The summed E-state index contributed by atoms with van der Waals surface area (Å²) in [5.74, 6) is 2.71. The van der Waals surface area contributed by atoms with Gasteiger partial charge in [0.15, 0.2) is 29.6 Å². The van der Waals surface area contributed by atoms with E-state index in [2.05, 4.69) is 0 Å². The third-order valence-corrected chi connectivity index (χ3v) is 4.81. The Morgan fingerprint density at radius 1 is 0.967 bits per heavy atom. The summed E-state index contributed by atoms with van der Waals surface area (Å²) >= 11 is 0. The van der Waals surface area contributed by atoms with Crippen molar-refractivity contribution >= 4 is 5.97 Å². The molecule has 0 bridgehead atoms. The van der Waals surface area contributed by atoms with Crippen LogP contribution in [0.2, 0.25) is 0 Å². The number of carbonyl (C=O) groups is 1. The number of hydrogen-bond donors (Lipinski definition) is 0. The highest BCUT2D eigenvalue weighted by molar-refractivity contribution is 5.71. The van der Waals surface area contributed by atoms with Crippen LogP contribution in [0, 0.1) is 0 Å². The predicted molar refractivity (Wildman–Crippen MR) is 108 cm³/mol. The van der Waals surface area contributed by atoms with Crippen LogP contribution < -0.4 is 28.4 Å². The summed E-state index contributed by atoms with van der Waals surface area (Å²) in [7, 11) is 4.70.